The Balaban J connectivity index is 1.61. The van der Waals surface area contributed by atoms with E-state index < -0.39 is 0 Å². The van der Waals surface area contributed by atoms with Crippen LogP contribution in [0.4, 0.5) is 0 Å². The molecule has 25 heavy (non-hydrogen) atoms. The van der Waals surface area contributed by atoms with Crippen LogP contribution >= 0.6 is 0 Å². The smallest absolute Gasteiger partial charge is 0.0799 e. The first kappa shape index (κ1) is 17.1. The van der Waals surface area contributed by atoms with E-state index in [2.05, 4.69) is 30.2 Å². The van der Waals surface area contributed by atoms with Gasteiger partial charge in [-0.25, -0.2) is 0 Å². The molecule has 6 atom stereocenters. The molecule has 138 valence electrons. The standard InChI is InChI=1S/C21H32N2O2/c1-13(22-24)17-6-7-18-16-5-4-14-12-15(23-25)8-10-20(14,2)19(16)9-11-21(17,18)3/h6,14,16,18-19,24-25H,4-5,7-12H2,1-3H3/b22-13-,23-15-/t14-,16+,18-,19+,20-,21+/m0/s1. The highest BCUT2D eigenvalue weighted by Gasteiger charge is 2.58. The highest BCUT2D eigenvalue weighted by atomic mass is 16.4. The fraction of sp³-hybridized carbons (Fsp3) is 0.810. The summed E-state index contributed by atoms with van der Waals surface area (Å²) in [6, 6.07) is 0. The number of hydrogen-bond donors (Lipinski definition) is 2. The van der Waals surface area contributed by atoms with Crippen LogP contribution in [-0.2, 0) is 0 Å². The molecule has 0 saturated heterocycles. The summed E-state index contributed by atoms with van der Waals surface area (Å²) in [6.45, 7) is 6.88. The monoisotopic (exact) mass is 344 g/mol. The third-order valence-corrected chi connectivity index (χ3v) is 8.76. The Morgan fingerprint density at radius 2 is 1.92 bits per heavy atom. The van der Waals surface area contributed by atoms with Crippen molar-refractivity contribution in [2.75, 3.05) is 0 Å². The van der Waals surface area contributed by atoms with Crippen LogP contribution in [0, 0.1) is 34.5 Å². The maximum atomic E-state index is 9.29. The molecule has 2 N–H and O–H groups in total. The second kappa shape index (κ2) is 5.85. The first-order valence-corrected chi connectivity index (χ1v) is 10.0. The molecule has 0 radical (unpaired) electrons. The van der Waals surface area contributed by atoms with Gasteiger partial charge in [-0.05, 0) is 98.4 Å². The molecule has 4 rings (SSSR count). The van der Waals surface area contributed by atoms with Crippen LogP contribution in [0.2, 0.25) is 0 Å². The van der Waals surface area contributed by atoms with Crippen LogP contribution in [0.25, 0.3) is 0 Å². The van der Waals surface area contributed by atoms with Crippen molar-refractivity contribution in [3.05, 3.63) is 11.6 Å². The van der Waals surface area contributed by atoms with Crippen molar-refractivity contribution in [1.29, 1.82) is 0 Å². The molecule has 3 saturated carbocycles. The third-order valence-electron chi connectivity index (χ3n) is 8.76. The maximum Gasteiger partial charge on any atom is 0.0799 e. The van der Waals surface area contributed by atoms with Crippen molar-refractivity contribution in [2.45, 2.75) is 72.1 Å². The highest BCUT2D eigenvalue weighted by Crippen LogP contribution is 2.66. The summed E-state index contributed by atoms with van der Waals surface area (Å²) in [5.74, 6) is 2.97. The van der Waals surface area contributed by atoms with Gasteiger partial charge in [-0.15, -0.1) is 0 Å². The van der Waals surface area contributed by atoms with Crippen LogP contribution in [0.3, 0.4) is 0 Å². The molecule has 4 aliphatic rings. The largest absolute Gasteiger partial charge is 0.411 e. The van der Waals surface area contributed by atoms with Gasteiger partial charge in [-0.2, -0.15) is 0 Å². The molecule has 0 aromatic carbocycles. The number of fused-ring (bicyclic) bond motifs is 5. The van der Waals surface area contributed by atoms with E-state index in [1.807, 2.05) is 6.92 Å². The summed E-state index contributed by atoms with van der Waals surface area (Å²) < 4.78 is 0. The first-order valence-electron chi connectivity index (χ1n) is 10.0. The van der Waals surface area contributed by atoms with Gasteiger partial charge in [0.15, 0.2) is 0 Å². The van der Waals surface area contributed by atoms with Crippen molar-refractivity contribution in [3.63, 3.8) is 0 Å². The molecule has 0 unspecified atom stereocenters. The fourth-order valence-electron chi connectivity index (χ4n) is 7.33. The zero-order valence-electron chi connectivity index (χ0n) is 15.8. The molecule has 0 bridgehead atoms. The maximum absolute atomic E-state index is 9.29. The predicted octanol–water partition coefficient (Wildman–Crippen LogP) is 5.25. The van der Waals surface area contributed by atoms with Crippen LogP contribution in [0.1, 0.15) is 72.1 Å². The summed E-state index contributed by atoms with van der Waals surface area (Å²) in [5, 5.41) is 25.6. The number of allylic oxidation sites excluding steroid dienone is 2. The number of hydrogen-bond acceptors (Lipinski definition) is 4. The molecule has 3 fully saturated rings. The quantitative estimate of drug-likeness (QED) is 0.388. The molecule has 0 aromatic rings. The zero-order valence-corrected chi connectivity index (χ0v) is 15.8. The minimum absolute atomic E-state index is 0.188. The van der Waals surface area contributed by atoms with E-state index in [1.165, 1.54) is 37.7 Å². The summed E-state index contributed by atoms with van der Waals surface area (Å²) >= 11 is 0. The molecule has 0 amide bonds. The van der Waals surface area contributed by atoms with Gasteiger partial charge in [0.25, 0.3) is 0 Å². The minimum Gasteiger partial charge on any atom is -0.411 e. The van der Waals surface area contributed by atoms with Gasteiger partial charge in [0.1, 0.15) is 0 Å². The lowest BCUT2D eigenvalue weighted by atomic mass is 9.44. The Bertz CT molecular complexity index is 652. The van der Waals surface area contributed by atoms with Gasteiger partial charge >= 0.3 is 0 Å². The topological polar surface area (TPSA) is 65.2 Å². The molecular formula is C21H32N2O2. The third kappa shape index (κ3) is 2.32. The lowest BCUT2D eigenvalue weighted by molar-refractivity contribution is -0.0866. The van der Waals surface area contributed by atoms with E-state index in [1.54, 1.807) is 0 Å². The second-order valence-corrected chi connectivity index (χ2v) is 9.52. The zero-order chi connectivity index (χ0) is 17.8. The molecule has 4 aliphatic carbocycles. The van der Waals surface area contributed by atoms with E-state index >= 15 is 0 Å². The molecular weight excluding hydrogens is 312 g/mol. The molecule has 0 spiro atoms. The van der Waals surface area contributed by atoms with Gasteiger partial charge in [0.05, 0.1) is 11.4 Å². The Labute approximate surface area is 151 Å². The Hall–Kier alpha value is -1.32. The van der Waals surface area contributed by atoms with Crippen LogP contribution in [0.5, 0.6) is 0 Å². The predicted molar refractivity (Wildman–Crippen MR) is 99.3 cm³/mol. The summed E-state index contributed by atoms with van der Waals surface area (Å²) in [5.41, 5.74) is 3.71. The van der Waals surface area contributed by atoms with Crippen molar-refractivity contribution in [3.8, 4) is 0 Å². The van der Waals surface area contributed by atoms with E-state index in [-0.39, 0.29) is 5.41 Å². The Morgan fingerprint density at radius 3 is 2.64 bits per heavy atom. The number of nitrogens with zero attached hydrogens (tertiary/aromatic N) is 2. The van der Waals surface area contributed by atoms with Crippen LogP contribution < -0.4 is 0 Å². The molecule has 0 heterocycles. The van der Waals surface area contributed by atoms with E-state index in [4.69, 9.17) is 0 Å². The lowest BCUT2D eigenvalue weighted by Gasteiger charge is -2.60. The normalized spacial score (nSPS) is 48.5. The van der Waals surface area contributed by atoms with E-state index in [9.17, 15) is 10.4 Å². The first-order chi connectivity index (χ1) is 11.9. The average Bonchev–Trinajstić information content (AvgIpc) is 2.97. The highest BCUT2D eigenvalue weighted by molar-refractivity contribution is 5.99. The lowest BCUT2D eigenvalue weighted by Crippen LogP contribution is -2.53. The van der Waals surface area contributed by atoms with E-state index in [0.717, 1.165) is 42.5 Å². The SMILES string of the molecule is C/C(=N/O)C1=CC[C@H]2[C@H]3CC[C@H]4C/C(=N\O)CC[C@]4(C)[C@@H]3CC[C@]12C. The van der Waals surface area contributed by atoms with E-state index in [0.29, 0.717) is 17.3 Å². The molecule has 0 aliphatic heterocycles. The Morgan fingerprint density at radius 1 is 1.12 bits per heavy atom. The number of rotatable bonds is 1. The molecule has 4 nitrogen and oxygen atoms in total. The second-order valence-electron chi connectivity index (χ2n) is 9.52. The van der Waals surface area contributed by atoms with Crippen molar-refractivity contribution in [2.24, 2.45) is 44.8 Å². The van der Waals surface area contributed by atoms with Gasteiger partial charge in [0.2, 0.25) is 0 Å². The fourth-order valence-corrected chi connectivity index (χ4v) is 7.33. The van der Waals surface area contributed by atoms with Crippen LogP contribution in [0.15, 0.2) is 22.0 Å². The molecule has 0 aromatic heterocycles. The van der Waals surface area contributed by atoms with Gasteiger partial charge in [-0.3, -0.25) is 0 Å². The summed E-state index contributed by atoms with van der Waals surface area (Å²) in [6.07, 6.45) is 11.7. The van der Waals surface area contributed by atoms with Gasteiger partial charge in [0, 0.05) is 0 Å². The average molecular weight is 344 g/mol. The van der Waals surface area contributed by atoms with Crippen molar-refractivity contribution >= 4 is 11.4 Å². The molecule has 4 heteroatoms. The minimum atomic E-state index is 0.188. The summed E-state index contributed by atoms with van der Waals surface area (Å²) in [7, 11) is 0. The Kier molecular flexibility index (Phi) is 4.01. The summed E-state index contributed by atoms with van der Waals surface area (Å²) in [4.78, 5) is 0. The van der Waals surface area contributed by atoms with Crippen LogP contribution in [-0.4, -0.2) is 21.8 Å². The van der Waals surface area contributed by atoms with Crippen molar-refractivity contribution < 1.29 is 10.4 Å². The number of oxime groups is 2. The van der Waals surface area contributed by atoms with Gasteiger partial charge < -0.3 is 10.4 Å². The van der Waals surface area contributed by atoms with Gasteiger partial charge in [-0.1, -0.05) is 30.2 Å². The van der Waals surface area contributed by atoms with Crippen molar-refractivity contribution in [1.82, 2.24) is 0 Å².